The van der Waals surface area contributed by atoms with E-state index < -0.39 is 6.04 Å². The van der Waals surface area contributed by atoms with Crippen molar-refractivity contribution in [3.8, 4) is 11.8 Å². The molecule has 1 amide bonds. The minimum absolute atomic E-state index is 0.137. The molecule has 26 heavy (non-hydrogen) atoms. The van der Waals surface area contributed by atoms with Gasteiger partial charge in [-0.25, -0.2) is 0 Å². The number of hydrogen-bond donors (Lipinski definition) is 2. The summed E-state index contributed by atoms with van der Waals surface area (Å²) in [5.41, 5.74) is 2.98. The summed E-state index contributed by atoms with van der Waals surface area (Å²) in [6.45, 7) is 0. The van der Waals surface area contributed by atoms with E-state index in [1.54, 1.807) is 19.2 Å². The largest absolute Gasteiger partial charge is 0.496 e. The van der Waals surface area contributed by atoms with E-state index in [0.717, 1.165) is 18.4 Å². The monoisotopic (exact) mass is 347 g/mol. The number of benzene rings is 2. The third kappa shape index (κ3) is 3.86. The zero-order valence-corrected chi connectivity index (χ0v) is 14.7. The number of methoxy groups -OCH3 is 1. The molecule has 0 saturated carbocycles. The Morgan fingerprint density at radius 2 is 2.00 bits per heavy atom. The quantitative estimate of drug-likeness (QED) is 0.681. The molecule has 5 nitrogen and oxygen atoms in total. The fourth-order valence-electron chi connectivity index (χ4n) is 3.10. The van der Waals surface area contributed by atoms with Gasteiger partial charge in [-0.1, -0.05) is 36.4 Å². The normalized spacial score (nSPS) is 11.7. The first kappa shape index (κ1) is 17.6. The average molecular weight is 347 g/mol. The van der Waals surface area contributed by atoms with E-state index in [-0.39, 0.29) is 5.91 Å². The zero-order chi connectivity index (χ0) is 18.4. The lowest BCUT2D eigenvalue weighted by Gasteiger charge is -2.15. The van der Waals surface area contributed by atoms with E-state index in [1.807, 2.05) is 36.5 Å². The Hall–Kier alpha value is -3.26. The molecular weight excluding hydrogens is 326 g/mol. The number of nitriles is 1. The number of nitrogens with one attached hydrogen (secondary N) is 2. The van der Waals surface area contributed by atoms with Crippen molar-refractivity contribution in [1.82, 2.24) is 10.3 Å². The van der Waals surface area contributed by atoms with E-state index in [1.165, 1.54) is 10.9 Å². The third-order valence-corrected chi connectivity index (χ3v) is 4.41. The third-order valence-electron chi connectivity index (χ3n) is 4.41. The van der Waals surface area contributed by atoms with Gasteiger partial charge in [0.15, 0.2) is 0 Å². The summed E-state index contributed by atoms with van der Waals surface area (Å²) in [5.74, 6) is 0.459. The average Bonchev–Trinajstić information content (AvgIpc) is 3.09. The van der Waals surface area contributed by atoms with Crippen molar-refractivity contribution in [2.75, 3.05) is 7.11 Å². The molecular formula is C21H21N3O2. The van der Waals surface area contributed by atoms with E-state index in [4.69, 9.17) is 4.74 Å². The van der Waals surface area contributed by atoms with Crippen molar-refractivity contribution < 1.29 is 9.53 Å². The van der Waals surface area contributed by atoms with E-state index in [9.17, 15) is 10.1 Å². The molecule has 0 spiro atoms. The van der Waals surface area contributed by atoms with Gasteiger partial charge in [0.1, 0.15) is 11.8 Å². The first-order valence-electron chi connectivity index (χ1n) is 8.60. The van der Waals surface area contributed by atoms with E-state index in [0.29, 0.717) is 17.7 Å². The highest BCUT2D eigenvalue weighted by atomic mass is 16.5. The number of rotatable bonds is 7. The summed E-state index contributed by atoms with van der Waals surface area (Å²) < 4.78 is 5.27. The Morgan fingerprint density at radius 3 is 2.81 bits per heavy atom. The van der Waals surface area contributed by atoms with Crippen molar-refractivity contribution in [2.45, 2.75) is 25.3 Å². The second-order valence-corrected chi connectivity index (χ2v) is 6.08. The number of hydrogen-bond acceptors (Lipinski definition) is 3. The maximum Gasteiger partial charge on any atom is 0.221 e. The molecule has 1 heterocycles. The molecule has 1 atom stereocenters. The maximum atomic E-state index is 12.3. The molecule has 0 fully saturated rings. The highest BCUT2D eigenvalue weighted by Crippen LogP contribution is 2.24. The number of aryl methyl sites for hydroxylation is 1. The van der Waals surface area contributed by atoms with Gasteiger partial charge in [0, 0.05) is 29.1 Å². The number of carbonyl (C=O) groups excluding carboxylic acids is 1. The van der Waals surface area contributed by atoms with Crippen LogP contribution in [0.25, 0.3) is 10.9 Å². The molecule has 0 saturated heterocycles. The van der Waals surface area contributed by atoms with Crippen LogP contribution in [0.1, 0.15) is 30.0 Å². The molecule has 3 rings (SSSR count). The lowest BCUT2D eigenvalue weighted by Crippen LogP contribution is -2.27. The van der Waals surface area contributed by atoms with Crippen LogP contribution in [0.4, 0.5) is 0 Å². The second-order valence-electron chi connectivity index (χ2n) is 6.08. The Kier molecular flexibility index (Phi) is 5.55. The minimum Gasteiger partial charge on any atom is -0.496 e. The Bertz CT molecular complexity index is 940. The van der Waals surface area contributed by atoms with Gasteiger partial charge < -0.3 is 15.0 Å². The molecule has 132 valence electrons. The summed E-state index contributed by atoms with van der Waals surface area (Å²) in [6.07, 6.45) is 3.89. The number of nitrogens with zero attached hydrogens (tertiary/aromatic N) is 1. The van der Waals surface area contributed by atoms with Gasteiger partial charge >= 0.3 is 0 Å². The number of ether oxygens (including phenoxy) is 1. The fourth-order valence-corrected chi connectivity index (χ4v) is 3.10. The minimum atomic E-state index is -0.716. The van der Waals surface area contributed by atoms with Crippen molar-refractivity contribution in [2.24, 2.45) is 0 Å². The molecule has 1 aromatic heterocycles. The Labute approximate surface area is 152 Å². The molecule has 0 aliphatic rings. The van der Waals surface area contributed by atoms with Crippen LogP contribution < -0.4 is 10.1 Å². The van der Waals surface area contributed by atoms with Crippen LogP contribution in [-0.4, -0.2) is 18.0 Å². The number of aromatic nitrogens is 1. The van der Waals surface area contributed by atoms with Crippen LogP contribution in [0.2, 0.25) is 0 Å². The second kappa shape index (κ2) is 8.21. The molecule has 0 radical (unpaired) electrons. The van der Waals surface area contributed by atoms with Gasteiger partial charge in [-0.3, -0.25) is 4.79 Å². The van der Waals surface area contributed by atoms with Crippen LogP contribution in [0, 0.1) is 11.3 Å². The summed E-state index contributed by atoms with van der Waals surface area (Å²) in [4.78, 5) is 15.5. The number of carbonyl (C=O) groups is 1. The van der Waals surface area contributed by atoms with Gasteiger partial charge in [-0.05, 0) is 30.5 Å². The van der Waals surface area contributed by atoms with Crippen LogP contribution >= 0.6 is 0 Å². The predicted molar refractivity (Wildman–Crippen MR) is 101 cm³/mol. The van der Waals surface area contributed by atoms with Gasteiger partial charge in [-0.2, -0.15) is 5.26 Å². The van der Waals surface area contributed by atoms with Crippen molar-refractivity contribution in [3.05, 3.63) is 65.9 Å². The first-order valence-corrected chi connectivity index (χ1v) is 8.60. The van der Waals surface area contributed by atoms with Crippen LogP contribution in [0.5, 0.6) is 5.75 Å². The van der Waals surface area contributed by atoms with Crippen molar-refractivity contribution in [3.63, 3.8) is 0 Å². The number of fused-ring (bicyclic) bond motifs is 1. The van der Waals surface area contributed by atoms with Crippen LogP contribution in [-0.2, 0) is 11.2 Å². The molecule has 2 aromatic carbocycles. The maximum absolute atomic E-state index is 12.3. The van der Waals surface area contributed by atoms with Gasteiger partial charge in [-0.15, -0.1) is 0 Å². The molecule has 0 bridgehead atoms. The van der Waals surface area contributed by atoms with Crippen LogP contribution in [0.15, 0.2) is 54.7 Å². The van der Waals surface area contributed by atoms with E-state index in [2.05, 4.69) is 22.4 Å². The summed E-state index contributed by atoms with van der Waals surface area (Å²) in [7, 11) is 1.55. The summed E-state index contributed by atoms with van der Waals surface area (Å²) >= 11 is 0. The molecule has 1 unspecified atom stereocenters. The Balaban J connectivity index is 1.57. The highest BCUT2D eigenvalue weighted by Gasteiger charge is 2.17. The summed E-state index contributed by atoms with van der Waals surface area (Å²) in [6, 6.07) is 16.8. The SMILES string of the molecule is COc1ccccc1C(C#N)NC(=O)CCCc1c[nH]c2ccccc12. The molecule has 0 aliphatic heterocycles. The smallest absolute Gasteiger partial charge is 0.221 e. The number of aromatic amines is 1. The van der Waals surface area contributed by atoms with Gasteiger partial charge in [0.2, 0.25) is 5.91 Å². The van der Waals surface area contributed by atoms with Crippen LogP contribution in [0.3, 0.4) is 0 Å². The zero-order valence-electron chi connectivity index (χ0n) is 14.7. The number of para-hydroxylation sites is 2. The fraction of sp³-hybridized carbons (Fsp3) is 0.238. The molecule has 2 N–H and O–H groups in total. The molecule has 0 aliphatic carbocycles. The molecule has 5 heteroatoms. The van der Waals surface area contributed by atoms with Crippen molar-refractivity contribution >= 4 is 16.8 Å². The molecule has 3 aromatic rings. The van der Waals surface area contributed by atoms with Crippen molar-refractivity contribution in [1.29, 1.82) is 5.26 Å². The number of amides is 1. The predicted octanol–water partition coefficient (Wildman–Crippen LogP) is 3.88. The topological polar surface area (TPSA) is 77.9 Å². The number of H-pyrrole nitrogens is 1. The lowest BCUT2D eigenvalue weighted by molar-refractivity contribution is -0.121. The standard InChI is InChI=1S/C21H21N3O2/c1-26-20-11-5-3-9-17(20)19(13-22)24-21(25)12-6-7-15-14-23-18-10-4-2-8-16(15)18/h2-5,8-11,14,19,23H,6-7,12H2,1H3,(H,24,25). The van der Waals surface area contributed by atoms with Gasteiger partial charge in [0.05, 0.1) is 13.2 Å². The summed E-state index contributed by atoms with van der Waals surface area (Å²) in [5, 5.41) is 13.4. The first-order chi connectivity index (χ1) is 12.7. The Morgan fingerprint density at radius 1 is 1.23 bits per heavy atom. The van der Waals surface area contributed by atoms with Gasteiger partial charge in [0.25, 0.3) is 0 Å². The van der Waals surface area contributed by atoms with E-state index >= 15 is 0 Å². The lowest BCUT2D eigenvalue weighted by atomic mass is 10.1. The highest BCUT2D eigenvalue weighted by molar-refractivity contribution is 5.83.